The number of hydrogen-bond acceptors (Lipinski definition) is 4. The van der Waals surface area contributed by atoms with Gasteiger partial charge in [0.25, 0.3) is 0 Å². The van der Waals surface area contributed by atoms with Crippen molar-refractivity contribution in [2.45, 2.75) is 32.1 Å². The van der Waals surface area contributed by atoms with Crippen LogP contribution in [0.25, 0.3) is 10.6 Å². The van der Waals surface area contributed by atoms with Crippen LogP contribution in [-0.4, -0.2) is 16.6 Å². The van der Waals surface area contributed by atoms with E-state index in [0.29, 0.717) is 5.69 Å². The lowest BCUT2D eigenvalue weighted by atomic mass is 9.77. The average molecular weight is 311 g/mol. The van der Waals surface area contributed by atoms with Crippen molar-refractivity contribution in [1.29, 1.82) is 0 Å². The van der Waals surface area contributed by atoms with Crippen molar-refractivity contribution in [3.8, 4) is 10.6 Å². The minimum absolute atomic E-state index is 0.0778. The highest BCUT2D eigenvalue weighted by atomic mass is 32.1. The smallest absolute Gasteiger partial charge is 0.152 e. The Morgan fingerprint density at radius 1 is 1.05 bits per heavy atom. The van der Waals surface area contributed by atoms with Gasteiger partial charge in [-0.15, -0.1) is 11.3 Å². The van der Waals surface area contributed by atoms with Gasteiger partial charge in [0.05, 0.1) is 5.69 Å². The SMILES string of the molecule is Cc1sc(-c2ccccc2)nc1C1C(=O)[C@@H]2CC[C@@H](C2)C1=O. The first kappa shape index (κ1) is 13.8. The normalized spacial score (nSPS) is 27.4. The number of fused-ring (bicyclic) bond motifs is 2. The predicted octanol–water partition coefficient (Wildman–Crippen LogP) is 3.77. The first-order chi connectivity index (χ1) is 10.6. The molecule has 1 aromatic heterocycles. The number of aromatic nitrogens is 1. The van der Waals surface area contributed by atoms with E-state index in [-0.39, 0.29) is 23.4 Å². The van der Waals surface area contributed by atoms with E-state index >= 15 is 0 Å². The van der Waals surface area contributed by atoms with Gasteiger partial charge in [-0.05, 0) is 26.2 Å². The Bertz CT molecular complexity index is 728. The van der Waals surface area contributed by atoms with Crippen LogP contribution < -0.4 is 0 Å². The molecule has 0 amide bonds. The van der Waals surface area contributed by atoms with E-state index in [0.717, 1.165) is 34.7 Å². The van der Waals surface area contributed by atoms with E-state index < -0.39 is 5.92 Å². The number of nitrogens with zero attached hydrogens (tertiary/aromatic N) is 1. The van der Waals surface area contributed by atoms with E-state index in [4.69, 9.17) is 0 Å². The van der Waals surface area contributed by atoms with E-state index in [9.17, 15) is 9.59 Å². The fraction of sp³-hybridized carbons (Fsp3) is 0.389. The molecule has 112 valence electrons. The summed E-state index contributed by atoms with van der Waals surface area (Å²) >= 11 is 1.57. The van der Waals surface area contributed by atoms with E-state index in [2.05, 4.69) is 4.98 Å². The van der Waals surface area contributed by atoms with Crippen molar-refractivity contribution in [1.82, 2.24) is 4.98 Å². The lowest BCUT2D eigenvalue weighted by Crippen LogP contribution is -2.35. The van der Waals surface area contributed by atoms with Crippen LogP contribution in [0.3, 0.4) is 0 Å². The summed E-state index contributed by atoms with van der Waals surface area (Å²) in [4.78, 5) is 30.9. The molecule has 22 heavy (non-hydrogen) atoms. The molecule has 2 aliphatic rings. The summed E-state index contributed by atoms with van der Waals surface area (Å²) in [6.45, 7) is 1.97. The molecular formula is C18H17NO2S. The van der Waals surface area contributed by atoms with Gasteiger partial charge in [0.1, 0.15) is 10.9 Å². The zero-order valence-electron chi connectivity index (χ0n) is 12.4. The van der Waals surface area contributed by atoms with Crippen LogP contribution in [-0.2, 0) is 9.59 Å². The minimum Gasteiger partial charge on any atom is -0.298 e. The second-order valence-corrected chi connectivity index (χ2v) is 7.47. The average Bonchev–Trinajstić information content (AvgIpc) is 3.13. The fourth-order valence-corrected chi connectivity index (χ4v) is 4.72. The molecule has 2 aromatic rings. The van der Waals surface area contributed by atoms with Crippen LogP contribution in [0, 0.1) is 18.8 Å². The molecule has 3 nitrogen and oxygen atoms in total. The third-order valence-corrected chi connectivity index (χ3v) is 5.97. The zero-order valence-corrected chi connectivity index (χ0v) is 13.2. The van der Waals surface area contributed by atoms with Gasteiger partial charge in [0.15, 0.2) is 11.6 Å². The molecule has 3 atom stereocenters. The number of carbonyl (C=O) groups is 2. The summed E-state index contributed by atoms with van der Waals surface area (Å²) in [5.41, 5.74) is 1.75. The molecule has 1 aromatic carbocycles. The molecule has 4 rings (SSSR count). The lowest BCUT2D eigenvalue weighted by molar-refractivity contribution is -0.136. The molecule has 1 heterocycles. The number of hydrogen-bond donors (Lipinski definition) is 0. The molecule has 2 bridgehead atoms. The van der Waals surface area contributed by atoms with E-state index in [1.54, 1.807) is 11.3 Å². The molecule has 2 aliphatic carbocycles. The van der Waals surface area contributed by atoms with Gasteiger partial charge in [-0.3, -0.25) is 9.59 Å². The van der Waals surface area contributed by atoms with Crippen LogP contribution in [0.15, 0.2) is 30.3 Å². The van der Waals surface area contributed by atoms with Crippen LogP contribution in [0.5, 0.6) is 0 Å². The molecule has 0 spiro atoms. The number of Topliss-reactive ketones (excluding diaryl/α,β-unsaturated/α-hetero) is 2. The topological polar surface area (TPSA) is 47.0 Å². The second-order valence-electron chi connectivity index (χ2n) is 6.27. The molecule has 2 saturated carbocycles. The highest BCUT2D eigenvalue weighted by molar-refractivity contribution is 7.15. The van der Waals surface area contributed by atoms with Crippen molar-refractivity contribution in [3.63, 3.8) is 0 Å². The van der Waals surface area contributed by atoms with Crippen molar-refractivity contribution in [2.24, 2.45) is 11.8 Å². The number of rotatable bonds is 2. The number of thiazole rings is 1. The Morgan fingerprint density at radius 3 is 2.32 bits per heavy atom. The maximum Gasteiger partial charge on any atom is 0.152 e. The van der Waals surface area contributed by atoms with E-state index in [1.165, 1.54) is 0 Å². The van der Waals surface area contributed by atoms with Gasteiger partial charge in [-0.25, -0.2) is 4.98 Å². The lowest BCUT2D eigenvalue weighted by Gasteiger charge is -2.24. The third-order valence-electron chi connectivity index (χ3n) is 4.93. The van der Waals surface area contributed by atoms with Gasteiger partial charge in [-0.1, -0.05) is 30.3 Å². The first-order valence-corrected chi connectivity index (χ1v) is 8.57. The summed E-state index contributed by atoms with van der Waals surface area (Å²) in [5, 5.41) is 0.895. The van der Waals surface area contributed by atoms with Gasteiger partial charge < -0.3 is 0 Å². The maximum atomic E-state index is 12.6. The Kier molecular flexibility index (Phi) is 3.22. The summed E-state index contributed by atoms with van der Waals surface area (Å²) < 4.78 is 0. The molecule has 1 unspecified atom stereocenters. The van der Waals surface area contributed by atoms with Crippen LogP contribution in [0.1, 0.15) is 35.8 Å². The van der Waals surface area contributed by atoms with E-state index in [1.807, 2.05) is 37.3 Å². The van der Waals surface area contributed by atoms with Gasteiger partial charge in [-0.2, -0.15) is 0 Å². The van der Waals surface area contributed by atoms with Gasteiger partial charge in [0, 0.05) is 22.3 Å². The maximum absolute atomic E-state index is 12.6. The van der Waals surface area contributed by atoms with Gasteiger partial charge >= 0.3 is 0 Å². The number of aryl methyl sites for hydroxylation is 1. The molecule has 0 N–H and O–H groups in total. The Hall–Kier alpha value is -1.81. The number of carbonyl (C=O) groups excluding carboxylic acids is 2. The highest BCUT2D eigenvalue weighted by Crippen LogP contribution is 2.45. The third kappa shape index (κ3) is 2.05. The molecule has 0 aliphatic heterocycles. The summed E-state index contributed by atoms with van der Waals surface area (Å²) in [6.07, 6.45) is 2.52. The number of benzene rings is 1. The Labute approximate surface area is 133 Å². The predicted molar refractivity (Wildman–Crippen MR) is 85.9 cm³/mol. The van der Waals surface area contributed by atoms with Crippen molar-refractivity contribution in [2.75, 3.05) is 0 Å². The standard InChI is InChI=1S/C18H17NO2S/c1-10-15(19-18(22-10)11-5-3-2-4-6-11)14-16(20)12-7-8-13(9-12)17(14)21/h2-6,12-14H,7-9H2,1H3/t12-,13+,14?. The largest absolute Gasteiger partial charge is 0.298 e. The summed E-state index contributed by atoms with van der Waals surface area (Å²) in [5.74, 6) is -0.249. The molecule has 0 saturated heterocycles. The van der Waals surface area contributed by atoms with Crippen molar-refractivity contribution >= 4 is 22.9 Å². The second kappa shape index (κ2) is 5.13. The van der Waals surface area contributed by atoms with Crippen molar-refractivity contribution < 1.29 is 9.59 Å². The fourth-order valence-electron chi connectivity index (χ4n) is 3.76. The van der Waals surface area contributed by atoms with Crippen molar-refractivity contribution in [3.05, 3.63) is 40.9 Å². The van der Waals surface area contributed by atoms with Crippen LogP contribution in [0.2, 0.25) is 0 Å². The molecule has 4 heteroatoms. The van der Waals surface area contributed by atoms with Gasteiger partial charge in [0.2, 0.25) is 0 Å². The highest BCUT2D eigenvalue weighted by Gasteiger charge is 2.48. The molecular weight excluding hydrogens is 294 g/mol. The minimum atomic E-state index is -0.611. The molecule has 2 fully saturated rings. The monoisotopic (exact) mass is 311 g/mol. The first-order valence-electron chi connectivity index (χ1n) is 7.75. The number of ketones is 2. The Balaban J connectivity index is 1.75. The molecule has 0 radical (unpaired) electrons. The summed E-state index contributed by atoms with van der Waals surface area (Å²) in [7, 11) is 0. The zero-order chi connectivity index (χ0) is 15.3. The van der Waals surface area contributed by atoms with Crippen LogP contribution in [0.4, 0.5) is 0 Å². The van der Waals surface area contributed by atoms with Crippen LogP contribution >= 0.6 is 11.3 Å². The Morgan fingerprint density at radius 2 is 1.68 bits per heavy atom. The quantitative estimate of drug-likeness (QED) is 0.793. The summed E-state index contributed by atoms with van der Waals surface area (Å²) in [6, 6.07) is 9.94.